The summed E-state index contributed by atoms with van der Waals surface area (Å²) in [4.78, 5) is 18.6. The number of piperidine rings is 1. The van der Waals surface area contributed by atoms with Crippen LogP contribution in [0.15, 0.2) is 53.3 Å². The molecule has 0 N–H and O–H groups in total. The zero-order chi connectivity index (χ0) is 16.1. The predicted octanol–water partition coefficient (Wildman–Crippen LogP) is 4.71. The number of rotatable bonds is 3. The largest absolute Gasteiger partial charge is 0.445 e. The number of likely N-dealkylation sites (tertiary alicyclic amines) is 1. The number of pyridine rings is 1. The van der Waals surface area contributed by atoms with E-state index in [0.717, 1.165) is 41.5 Å². The molecule has 1 aromatic carbocycles. The molecule has 0 unspecified atom stereocenters. The fourth-order valence-electron chi connectivity index (χ4n) is 2.92. The van der Waals surface area contributed by atoms with E-state index in [9.17, 15) is 4.79 Å². The van der Waals surface area contributed by atoms with Gasteiger partial charge < -0.3 is 9.64 Å². The molecule has 1 aromatic heterocycles. The summed E-state index contributed by atoms with van der Waals surface area (Å²) >= 11 is 3.49. The van der Waals surface area contributed by atoms with Gasteiger partial charge in [-0.05, 0) is 46.8 Å². The molecule has 23 heavy (non-hydrogen) atoms. The van der Waals surface area contributed by atoms with Gasteiger partial charge in [-0.1, -0.05) is 36.4 Å². The summed E-state index contributed by atoms with van der Waals surface area (Å²) in [5.74, 6) is 0. The summed E-state index contributed by atoms with van der Waals surface area (Å²) in [6.45, 7) is 1.02. The molecule has 120 valence electrons. The lowest BCUT2D eigenvalue weighted by Crippen LogP contribution is -2.39. The van der Waals surface area contributed by atoms with Gasteiger partial charge in [0.25, 0.3) is 0 Å². The van der Waals surface area contributed by atoms with Crippen molar-refractivity contribution in [3.05, 3.63) is 64.4 Å². The summed E-state index contributed by atoms with van der Waals surface area (Å²) < 4.78 is 6.31. The molecule has 1 fully saturated rings. The number of halogens is 1. The molecule has 3 rings (SSSR count). The number of aromatic nitrogens is 1. The lowest BCUT2D eigenvalue weighted by Gasteiger charge is -2.35. The van der Waals surface area contributed by atoms with E-state index in [2.05, 4.69) is 20.9 Å². The summed E-state index contributed by atoms with van der Waals surface area (Å²) in [5.41, 5.74) is 2.04. The van der Waals surface area contributed by atoms with E-state index >= 15 is 0 Å². The van der Waals surface area contributed by atoms with Gasteiger partial charge >= 0.3 is 6.09 Å². The normalized spacial score (nSPS) is 17.8. The number of nitrogens with zero attached hydrogens (tertiary/aromatic N) is 2. The van der Waals surface area contributed by atoms with Crippen LogP contribution in [0.4, 0.5) is 4.79 Å². The minimum absolute atomic E-state index is 0.0232. The maximum absolute atomic E-state index is 12.5. The zero-order valence-corrected chi connectivity index (χ0v) is 14.4. The molecular formula is C18H19BrN2O2. The van der Waals surface area contributed by atoms with E-state index in [1.54, 1.807) is 6.20 Å². The molecular weight excluding hydrogens is 356 g/mol. The summed E-state index contributed by atoms with van der Waals surface area (Å²) in [7, 11) is 0. The van der Waals surface area contributed by atoms with Crippen LogP contribution in [0.3, 0.4) is 0 Å². The van der Waals surface area contributed by atoms with Gasteiger partial charge in [0.2, 0.25) is 0 Å². The van der Waals surface area contributed by atoms with Crippen molar-refractivity contribution in [1.29, 1.82) is 0 Å². The van der Waals surface area contributed by atoms with Crippen molar-refractivity contribution in [2.75, 3.05) is 6.54 Å². The second kappa shape index (κ2) is 7.59. The summed E-state index contributed by atoms with van der Waals surface area (Å²) in [5, 5.41) is 0. The Balaban J connectivity index is 1.71. The van der Waals surface area contributed by atoms with Gasteiger partial charge in [0.1, 0.15) is 11.2 Å². The Bertz CT molecular complexity index is 663. The third-order valence-electron chi connectivity index (χ3n) is 4.09. The van der Waals surface area contributed by atoms with Crippen LogP contribution in [0.25, 0.3) is 0 Å². The highest BCUT2D eigenvalue weighted by Gasteiger charge is 2.30. The first-order valence-electron chi connectivity index (χ1n) is 7.83. The van der Waals surface area contributed by atoms with Crippen molar-refractivity contribution in [2.45, 2.75) is 31.9 Å². The van der Waals surface area contributed by atoms with E-state index in [0.29, 0.717) is 6.61 Å². The molecule has 1 amide bonds. The Morgan fingerprint density at radius 3 is 2.83 bits per heavy atom. The van der Waals surface area contributed by atoms with Gasteiger partial charge in [0.05, 0.1) is 6.04 Å². The van der Waals surface area contributed by atoms with Crippen molar-refractivity contribution in [2.24, 2.45) is 0 Å². The molecule has 1 atom stereocenters. The Morgan fingerprint density at radius 1 is 1.22 bits per heavy atom. The van der Waals surface area contributed by atoms with Crippen LogP contribution in [-0.2, 0) is 11.3 Å². The highest BCUT2D eigenvalue weighted by Crippen LogP contribution is 2.34. The number of ether oxygens (including phenoxy) is 1. The van der Waals surface area contributed by atoms with Gasteiger partial charge in [-0.15, -0.1) is 0 Å². The quantitative estimate of drug-likeness (QED) is 0.730. The zero-order valence-electron chi connectivity index (χ0n) is 12.8. The van der Waals surface area contributed by atoms with Crippen LogP contribution in [0.1, 0.15) is 36.4 Å². The molecule has 0 saturated carbocycles. The Hall–Kier alpha value is -1.88. The highest BCUT2D eigenvalue weighted by molar-refractivity contribution is 9.10. The first-order valence-corrected chi connectivity index (χ1v) is 8.63. The predicted molar refractivity (Wildman–Crippen MR) is 91.9 cm³/mol. The molecule has 1 aliphatic heterocycles. The Labute approximate surface area is 144 Å². The molecule has 0 bridgehead atoms. The highest BCUT2D eigenvalue weighted by atomic mass is 79.9. The number of benzene rings is 1. The molecule has 5 heteroatoms. The molecule has 0 aliphatic carbocycles. The lowest BCUT2D eigenvalue weighted by molar-refractivity contribution is 0.0676. The van der Waals surface area contributed by atoms with E-state index in [4.69, 9.17) is 4.74 Å². The summed E-state index contributed by atoms with van der Waals surface area (Å²) in [6, 6.07) is 13.7. The first kappa shape index (κ1) is 16.0. The first-order chi connectivity index (χ1) is 11.3. The molecule has 0 radical (unpaired) electrons. The second-order valence-electron chi connectivity index (χ2n) is 5.63. The standard InChI is InChI=1S/C18H19BrN2O2/c19-17-15(9-6-11-20-17)16-10-4-5-12-21(16)18(22)23-13-14-7-2-1-3-8-14/h1-3,6-9,11,16H,4-5,10,12-13H2/t16-/m0/s1. The van der Waals surface area contributed by atoms with Gasteiger partial charge in [0.15, 0.2) is 0 Å². The molecule has 0 spiro atoms. The number of hydrogen-bond acceptors (Lipinski definition) is 3. The maximum Gasteiger partial charge on any atom is 0.410 e. The van der Waals surface area contributed by atoms with Crippen LogP contribution in [0.2, 0.25) is 0 Å². The van der Waals surface area contributed by atoms with Crippen molar-refractivity contribution < 1.29 is 9.53 Å². The smallest absolute Gasteiger partial charge is 0.410 e. The molecule has 2 heterocycles. The van der Waals surface area contributed by atoms with Gasteiger partial charge in [0, 0.05) is 18.3 Å². The SMILES string of the molecule is O=C(OCc1ccccc1)N1CCCC[C@H]1c1cccnc1Br. The fraction of sp³-hybridized carbons (Fsp3) is 0.333. The monoisotopic (exact) mass is 374 g/mol. The van der Waals surface area contributed by atoms with E-state index in [1.165, 1.54) is 0 Å². The number of carbonyl (C=O) groups excluding carboxylic acids is 1. The summed E-state index contributed by atoms with van der Waals surface area (Å²) in [6.07, 6.45) is 4.54. The average Bonchev–Trinajstić information content (AvgIpc) is 2.61. The van der Waals surface area contributed by atoms with E-state index in [1.807, 2.05) is 47.4 Å². The molecule has 2 aromatic rings. The second-order valence-corrected chi connectivity index (χ2v) is 6.38. The minimum Gasteiger partial charge on any atom is -0.445 e. The van der Waals surface area contributed by atoms with Crippen LogP contribution in [0.5, 0.6) is 0 Å². The third kappa shape index (κ3) is 3.91. The maximum atomic E-state index is 12.5. The molecule has 1 aliphatic rings. The Kier molecular flexibility index (Phi) is 5.28. The van der Waals surface area contributed by atoms with Gasteiger partial charge in [-0.2, -0.15) is 0 Å². The van der Waals surface area contributed by atoms with Crippen LogP contribution < -0.4 is 0 Å². The van der Waals surface area contributed by atoms with Crippen LogP contribution in [0, 0.1) is 0 Å². The minimum atomic E-state index is -0.255. The van der Waals surface area contributed by atoms with Crippen molar-refractivity contribution in [1.82, 2.24) is 9.88 Å². The topological polar surface area (TPSA) is 42.4 Å². The van der Waals surface area contributed by atoms with E-state index in [-0.39, 0.29) is 12.1 Å². The lowest BCUT2D eigenvalue weighted by atomic mass is 9.97. The van der Waals surface area contributed by atoms with Gasteiger partial charge in [-0.3, -0.25) is 0 Å². The Morgan fingerprint density at radius 2 is 2.04 bits per heavy atom. The number of amides is 1. The number of carbonyl (C=O) groups is 1. The van der Waals surface area contributed by atoms with E-state index < -0.39 is 0 Å². The fourth-order valence-corrected chi connectivity index (χ4v) is 3.44. The molecule has 4 nitrogen and oxygen atoms in total. The number of hydrogen-bond donors (Lipinski definition) is 0. The third-order valence-corrected chi connectivity index (χ3v) is 4.75. The molecule has 1 saturated heterocycles. The van der Waals surface area contributed by atoms with Crippen LogP contribution >= 0.6 is 15.9 Å². The van der Waals surface area contributed by atoms with Crippen molar-refractivity contribution >= 4 is 22.0 Å². The van der Waals surface area contributed by atoms with Gasteiger partial charge in [-0.25, -0.2) is 9.78 Å². The van der Waals surface area contributed by atoms with Crippen molar-refractivity contribution in [3.63, 3.8) is 0 Å². The van der Waals surface area contributed by atoms with Crippen LogP contribution in [-0.4, -0.2) is 22.5 Å². The van der Waals surface area contributed by atoms with Crippen molar-refractivity contribution in [3.8, 4) is 0 Å². The average molecular weight is 375 g/mol.